The number of pyridine rings is 1. The minimum atomic E-state index is -0.422. The molecule has 0 radical (unpaired) electrons. The van der Waals surface area contributed by atoms with Crippen molar-refractivity contribution in [3.05, 3.63) is 34.7 Å². The van der Waals surface area contributed by atoms with E-state index in [0.29, 0.717) is 38.5 Å². The number of thiophene rings is 1. The van der Waals surface area contributed by atoms with Crippen LogP contribution in [0.2, 0.25) is 0 Å². The molecule has 7 nitrogen and oxygen atoms in total. The lowest BCUT2D eigenvalue weighted by Crippen LogP contribution is -2.51. The molecule has 0 unspecified atom stereocenters. The van der Waals surface area contributed by atoms with Gasteiger partial charge < -0.3 is 25.8 Å². The number of nitrogens with zero attached hydrogens (tertiary/aromatic N) is 2. The first-order chi connectivity index (χ1) is 14.0. The zero-order chi connectivity index (χ0) is 20.0. The van der Waals surface area contributed by atoms with Gasteiger partial charge >= 0.3 is 0 Å². The minimum Gasteiger partial charge on any atom is -0.392 e. The van der Waals surface area contributed by atoms with Gasteiger partial charge in [0.25, 0.3) is 0 Å². The van der Waals surface area contributed by atoms with Crippen LogP contribution in [0.5, 0.6) is 0 Å². The van der Waals surface area contributed by atoms with Crippen LogP contribution in [0, 0.1) is 0 Å². The first kappa shape index (κ1) is 19.0. The Kier molecular flexibility index (Phi) is 4.82. The summed E-state index contributed by atoms with van der Waals surface area (Å²) in [7, 11) is 0. The van der Waals surface area contributed by atoms with Gasteiger partial charge in [-0.3, -0.25) is 4.79 Å². The molecule has 2 atom stereocenters. The molecule has 0 aliphatic carbocycles. The molecule has 5 heterocycles. The van der Waals surface area contributed by atoms with Crippen LogP contribution in [0.15, 0.2) is 24.3 Å². The Morgan fingerprint density at radius 1 is 1.38 bits per heavy atom. The van der Waals surface area contributed by atoms with Gasteiger partial charge in [-0.15, -0.1) is 11.3 Å². The summed E-state index contributed by atoms with van der Waals surface area (Å²) in [5.74, 6) is 0.625. The van der Waals surface area contributed by atoms with Crippen LogP contribution in [0.25, 0.3) is 10.6 Å². The molecule has 3 aliphatic rings. The van der Waals surface area contributed by atoms with Gasteiger partial charge in [0.05, 0.1) is 34.9 Å². The number of piperidine rings is 1. The van der Waals surface area contributed by atoms with Gasteiger partial charge in [-0.05, 0) is 43.0 Å². The fraction of sp³-hybridized carbons (Fsp3) is 0.524. The van der Waals surface area contributed by atoms with E-state index < -0.39 is 6.10 Å². The highest BCUT2D eigenvalue weighted by Crippen LogP contribution is 2.46. The summed E-state index contributed by atoms with van der Waals surface area (Å²) in [6.07, 6.45) is 2.58. The first-order valence-electron chi connectivity index (χ1n) is 10.2. The molecular formula is C21H26N4O3S. The van der Waals surface area contributed by atoms with E-state index >= 15 is 0 Å². The van der Waals surface area contributed by atoms with E-state index in [2.05, 4.69) is 16.4 Å². The topological polar surface area (TPSA) is 101 Å². The van der Waals surface area contributed by atoms with Crippen molar-refractivity contribution in [2.24, 2.45) is 0 Å². The van der Waals surface area contributed by atoms with Crippen LogP contribution < -0.4 is 11.1 Å². The van der Waals surface area contributed by atoms with Crippen LogP contribution in [-0.2, 0) is 21.6 Å². The largest absolute Gasteiger partial charge is 0.392 e. The van der Waals surface area contributed by atoms with Crippen molar-refractivity contribution in [3.8, 4) is 10.6 Å². The van der Waals surface area contributed by atoms with E-state index in [-0.39, 0.29) is 17.6 Å². The van der Waals surface area contributed by atoms with E-state index in [1.165, 1.54) is 10.4 Å². The zero-order valence-electron chi connectivity index (χ0n) is 16.3. The number of hydrogen-bond donors (Lipinski definition) is 3. The number of hydrogen-bond acceptors (Lipinski definition) is 7. The fourth-order valence-corrected chi connectivity index (χ4v) is 5.96. The van der Waals surface area contributed by atoms with Gasteiger partial charge in [0.1, 0.15) is 5.82 Å². The molecule has 0 aromatic carbocycles. The molecule has 0 bridgehead atoms. The first-order valence-corrected chi connectivity index (χ1v) is 11.1. The number of nitrogens with two attached hydrogens (primary N) is 1. The van der Waals surface area contributed by atoms with Crippen molar-refractivity contribution in [2.45, 2.75) is 43.4 Å². The average Bonchev–Trinajstić information content (AvgIpc) is 3.36. The number of carbonyl (C=O) groups excluding carboxylic acids is 1. The molecule has 154 valence electrons. The monoisotopic (exact) mass is 414 g/mol. The summed E-state index contributed by atoms with van der Waals surface area (Å²) in [4.78, 5) is 21.6. The van der Waals surface area contributed by atoms with E-state index in [4.69, 9.17) is 10.5 Å². The molecule has 2 aromatic heterocycles. The summed E-state index contributed by atoms with van der Waals surface area (Å²) in [6, 6.07) is 7.68. The number of carbonyl (C=O) groups is 1. The molecule has 5 rings (SSSR count). The van der Waals surface area contributed by atoms with Crippen molar-refractivity contribution < 1.29 is 14.6 Å². The Labute approximate surface area is 173 Å². The highest BCUT2D eigenvalue weighted by atomic mass is 32.1. The second-order valence-corrected chi connectivity index (χ2v) is 9.30. The third kappa shape index (κ3) is 3.44. The molecule has 8 heteroatoms. The van der Waals surface area contributed by atoms with Crippen molar-refractivity contribution in [3.63, 3.8) is 0 Å². The van der Waals surface area contributed by atoms with Gasteiger partial charge in [0.2, 0.25) is 5.91 Å². The number of aliphatic hydroxyl groups is 1. The van der Waals surface area contributed by atoms with Crippen molar-refractivity contribution in [2.75, 3.05) is 32.0 Å². The summed E-state index contributed by atoms with van der Waals surface area (Å²) in [5, 5.41) is 12.8. The predicted molar refractivity (Wildman–Crippen MR) is 112 cm³/mol. The van der Waals surface area contributed by atoms with E-state index in [0.717, 1.165) is 29.8 Å². The quantitative estimate of drug-likeness (QED) is 0.689. The summed E-state index contributed by atoms with van der Waals surface area (Å²) < 4.78 is 6.34. The molecule has 2 fully saturated rings. The molecule has 1 amide bonds. The predicted octanol–water partition coefficient (Wildman–Crippen LogP) is 1.51. The number of amides is 1. The third-order valence-corrected chi connectivity index (χ3v) is 7.54. The number of aliphatic hydroxyl groups excluding tert-OH is 1. The molecule has 4 N–H and O–H groups in total. The Hall–Kier alpha value is -2.00. The SMILES string of the molecule is Nc1cccc(-c2cc3c(s2)CCOC32CCN(C(=O)[C@@H]3C[C@@H](O)CN3)CC2)n1. The maximum absolute atomic E-state index is 12.8. The second-order valence-electron chi connectivity index (χ2n) is 8.16. The highest BCUT2D eigenvalue weighted by molar-refractivity contribution is 7.15. The van der Waals surface area contributed by atoms with Crippen molar-refractivity contribution >= 4 is 23.1 Å². The molecule has 3 aliphatic heterocycles. The van der Waals surface area contributed by atoms with Crippen LogP contribution in [0.4, 0.5) is 5.82 Å². The summed E-state index contributed by atoms with van der Waals surface area (Å²) in [5.41, 5.74) is 7.71. The minimum absolute atomic E-state index is 0.0994. The van der Waals surface area contributed by atoms with Crippen molar-refractivity contribution in [1.82, 2.24) is 15.2 Å². The van der Waals surface area contributed by atoms with E-state index in [9.17, 15) is 9.90 Å². The Morgan fingerprint density at radius 2 is 2.21 bits per heavy atom. The lowest BCUT2D eigenvalue weighted by Gasteiger charge is -2.44. The van der Waals surface area contributed by atoms with Gasteiger partial charge in [-0.1, -0.05) is 6.07 Å². The number of likely N-dealkylation sites (tertiary alicyclic amines) is 1. The number of nitrogens with one attached hydrogen (secondary N) is 1. The normalized spacial score (nSPS) is 25.9. The molecule has 2 saturated heterocycles. The van der Waals surface area contributed by atoms with Gasteiger partial charge in [-0.25, -0.2) is 4.98 Å². The fourth-order valence-electron chi connectivity index (χ4n) is 4.76. The van der Waals surface area contributed by atoms with Crippen LogP contribution in [-0.4, -0.2) is 59.3 Å². The summed E-state index contributed by atoms with van der Waals surface area (Å²) >= 11 is 1.78. The average molecular weight is 415 g/mol. The standard InChI is InChI=1S/C21H26N4O3S/c22-19-3-1-2-15(24-19)18-11-14-17(29-18)4-9-28-21(14)5-7-25(8-6-21)20(27)16-10-13(26)12-23-16/h1-3,11,13,16,23,26H,4-10,12H2,(H2,22,24)/t13-,16+/m1/s1. The molecular weight excluding hydrogens is 388 g/mol. The number of ether oxygens (including phenoxy) is 1. The highest BCUT2D eigenvalue weighted by Gasteiger charge is 2.44. The number of fused-ring (bicyclic) bond motifs is 2. The number of nitrogen functional groups attached to an aromatic ring is 1. The third-order valence-electron chi connectivity index (χ3n) is 6.32. The zero-order valence-corrected chi connectivity index (χ0v) is 17.1. The maximum Gasteiger partial charge on any atom is 0.239 e. The van der Waals surface area contributed by atoms with Crippen molar-refractivity contribution in [1.29, 1.82) is 0 Å². The molecule has 29 heavy (non-hydrogen) atoms. The molecule has 2 aromatic rings. The van der Waals surface area contributed by atoms with Gasteiger partial charge in [-0.2, -0.15) is 0 Å². The van der Waals surface area contributed by atoms with Crippen LogP contribution in [0.3, 0.4) is 0 Å². The summed E-state index contributed by atoms with van der Waals surface area (Å²) in [6.45, 7) is 2.56. The molecule has 0 saturated carbocycles. The van der Waals surface area contributed by atoms with Gasteiger partial charge in [0.15, 0.2) is 0 Å². The number of aromatic nitrogens is 1. The lowest BCUT2D eigenvalue weighted by molar-refractivity contribution is -0.142. The Morgan fingerprint density at radius 3 is 2.93 bits per heavy atom. The van der Waals surface area contributed by atoms with E-state index in [1.807, 2.05) is 17.0 Å². The number of β-amino-alcohol motifs (C(OH)–C–C–N with tert-alkyl or cyclic N) is 1. The Balaban J connectivity index is 1.35. The molecule has 1 spiro atoms. The smallest absolute Gasteiger partial charge is 0.239 e. The van der Waals surface area contributed by atoms with Crippen LogP contribution >= 0.6 is 11.3 Å². The Bertz CT molecular complexity index is 922. The second kappa shape index (κ2) is 7.36. The van der Waals surface area contributed by atoms with Gasteiger partial charge in [0, 0.05) is 30.9 Å². The van der Waals surface area contributed by atoms with Crippen LogP contribution in [0.1, 0.15) is 29.7 Å². The number of rotatable bonds is 2. The van der Waals surface area contributed by atoms with E-state index in [1.54, 1.807) is 17.4 Å². The lowest BCUT2D eigenvalue weighted by atomic mass is 9.82. The maximum atomic E-state index is 12.8. The number of anilines is 1.